The van der Waals surface area contributed by atoms with E-state index in [1.165, 1.54) is 6.07 Å². The van der Waals surface area contributed by atoms with Crippen molar-refractivity contribution in [3.8, 4) is 6.07 Å². The first-order valence-electron chi connectivity index (χ1n) is 5.19. The highest BCUT2D eigenvalue weighted by atomic mass is 79.9. The molecule has 1 aromatic carbocycles. The SMILES string of the molecule is Cc1ccc(Nc2ccc(C#N)c(Br)c2F)cn1. The number of nitrogens with one attached hydrogen (secondary N) is 1. The normalized spacial score (nSPS) is 9.89. The summed E-state index contributed by atoms with van der Waals surface area (Å²) in [7, 11) is 0. The van der Waals surface area contributed by atoms with E-state index in [-0.39, 0.29) is 10.0 Å². The van der Waals surface area contributed by atoms with E-state index in [0.29, 0.717) is 11.4 Å². The molecule has 1 heterocycles. The molecule has 1 N–H and O–H groups in total. The number of anilines is 2. The minimum atomic E-state index is -0.491. The van der Waals surface area contributed by atoms with Crippen molar-refractivity contribution in [2.75, 3.05) is 5.32 Å². The van der Waals surface area contributed by atoms with E-state index < -0.39 is 5.82 Å². The van der Waals surface area contributed by atoms with Gasteiger partial charge in [-0.3, -0.25) is 4.98 Å². The van der Waals surface area contributed by atoms with Gasteiger partial charge in [0.1, 0.15) is 6.07 Å². The van der Waals surface area contributed by atoms with Gasteiger partial charge < -0.3 is 5.32 Å². The van der Waals surface area contributed by atoms with Crippen LogP contribution in [0.25, 0.3) is 0 Å². The van der Waals surface area contributed by atoms with Crippen molar-refractivity contribution in [1.29, 1.82) is 5.26 Å². The van der Waals surface area contributed by atoms with Crippen LogP contribution >= 0.6 is 15.9 Å². The number of nitriles is 1. The van der Waals surface area contributed by atoms with E-state index in [0.717, 1.165) is 5.69 Å². The lowest BCUT2D eigenvalue weighted by molar-refractivity contribution is 0.624. The number of hydrogen-bond donors (Lipinski definition) is 1. The van der Waals surface area contributed by atoms with Gasteiger partial charge in [0.05, 0.1) is 27.6 Å². The third kappa shape index (κ3) is 2.49. The highest BCUT2D eigenvalue weighted by Crippen LogP contribution is 2.28. The van der Waals surface area contributed by atoms with Crippen LogP contribution in [-0.2, 0) is 0 Å². The molecule has 0 aliphatic carbocycles. The Kier molecular flexibility index (Phi) is 3.58. The highest BCUT2D eigenvalue weighted by Gasteiger charge is 2.11. The van der Waals surface area contributed by atoms with Crippen molar-refractivity contribution in [1.82, 2.24) is 4.98 Å². The molecule has 18 heavy (non-hydrogen) atoms. The van der Waals surface area contributed by atoms with E-state index >= 15 is 0 Å². The molecular formula is C13H9BrFN3. The van der Waals surface area contributed by atoms with Crippen molar-refractivity contribution in [3.63, 3.8) is 0 Å². The second kappa shape index (κ2) is 5.15. The second-order valence-electron chi connectivity index (χ2n) is 3.71. The van der Waals surface area contributed by atoms with Gasteiger partial charge >= 0.3 is 0 Å². The molecule has 0 aliphatic rings. The first kappa shape index (κ1) is 12.5. The van der Waals surface area contributed by atoms with E-state index in [1.807, 2.05) is 25.1 Å². The van der Waals surface area contributed by atoms with Gasteiger partial charge in [0.25, 0.3) is 0 Å². The molecule has 0 saturated heterocycles. The maximum absolute atomic E-state index is 13.9. The number of hydrogen-bond acceptors (Lipinski definition) is 3. The highest BCUT2D eigenvalue weighted by molar-refractivity contribution is 9.10. The smallest absolute Gasteiger partial charge is 0.162 e. The van der Waals surface area contributed by atoms with E-state index in [9.17, 15) is 4.39 Å². The lowest BCUT2D eigenvalue weighted by Crippen LogP contribution is -1.96. The molecule has 0 radical (unpaired) electrons. The first-order valence-corrected chi connectivity index (χ1v) is 5.99. The van der Waals surface area contributed by atoms with Gasteiger partial charge in [-0.2, -0.15) is 5.26 Å². The van der Waals surface area contributed by atoms with Crippen LogP contribution in [0, 0.1) is 24.1 Å². The van der Waals surface area contributed by atoms with Gasteiger partial charge in [-0.1, -0.05) is 0 Å². The number of benzene rings is 1. The zero-order valence-corrected chi connectivity index (χ0v) is 11.1. The van der Waals surface area contributed by atoms with Crippen molar-refractivity contribution in [2.24, 2.45) is 0 Å². The third-order valence-corrected chi connectivity index (χ3v) is 3.17. The fraction of sp³-hybridized carbons (Fsp3) is 0.0769. The standard InChI is InChI=1S/C13H9BrFN3/c1-8-2-4-10(7-17-8)18-11-5-3-9(6-16)12(14)13(11)15/h2-5,7,18H,1H3. The molecular weight excluding hydrogens is 297 g/mol. The summed E-state index contributed by atoms with van der Waals surface area (Å²) in [6, 6.07) is 8.63. The fourth-order valence-electron chi connectivity index (χ4n) is 1.43. The number of aromatic nitrogens is 1. The summed E-state index contributed by atoms with van der Waals surface area (Å²) >= 11 is 3.06. The van der Waals surface area contributed by atoms with Gasteiger partial charge in [0.2, 0.25) is 0 Å². The maximum atomic E-state index is 13.9. The fourth-order valence-corrected chi connectivity index (χ4v) is 1.86. The second-order valence-corrected chi connectivity index (χ2v) is 4.51. The minimum absolute atomic E-state index is 0.162. The van der Waals surface area contributed by atoms with Gasteiger partial charge in [0, 0.05) is 5.69 Å². The minimum Gasteiger partial charge on any atom is -0.352 e. The molecule has 0 atom stereocenters. The maximum Gasteiger partial charge on any atom is 0.162 e. The van der Waals surface area contributed by atoms with Crippen molar-refractivity contribution >= 4 is 27.3 Å². The van der Waals surface area contributed by atoms with Gasteiger partial charge in [0.15, 0.2) is 5.82 Å². The molecule has 3 nitrogen and oxygen atoms in total. The molecule has 2 rings (SSSR count). The predicted octanol–water partition coefficient (Wildman–Crippen LogP) is 3.91. The molecule has 5 heteroatoms. The number of nitrogens with zero attached hydrogens (tertiary/aromatic N) is 2. The summed E-state index contributed by atoms with van der Waals surface area (Å²) < 4.78 is 14.1. The molecule has 1 aromatic heterocycles. The molecule has 90 valence electrons. The van der Waals surface area contributed by atoms with E-state index in [2.05, 4.69) is 26.2 Å². The lowest BCUT2D eigenvalue weighted by atomic mass is 10.2. The summed E-state index contributed by atoms with van der Waals surface area (Å²) in [4.78, 5) is 4.11. The van der Waals surface area contributed by atoms with E-state index in [1.54, 1.807) is 12.3 Å². The molecule has 2 aromatic rings. The predicted molar refractivity (Wildman–Crippen MR) is 71.1 cm³/mol. The summed E-state index contributed by atoms with van der Waals surface area (Å²) in [5.74, 6) is -0.491. The first-order chi connectivity index (χ1) is 8.61. The Morgan fingerprint density at radius 1 is 1.33 bits per heavy atom. The number of aryl methyl sites for hydroxylation is 1. The number of pyridine rings is 1. The Balaban J connectivity index is 2.33. The van der Waals surface area contributed by atoms with Crippen molar-refractivity contribution < 1.29 is 4.39 Å². The van der Waals surface area contributed by atoms with Crippen molar-refractivity contribution in [3.05, 3.63) is 52.0 Å². The van der Waals surface area contributed by atoms with Gasteiger partial charge in [-0.25, -0.2) is 4.39 Å². The van der Waals surface area contributed by atoms with Crippen LogP contribution < -0.4 is 5.32 Å². The van der Waals surface area contributed by atoms with Crippen LogP contribution in [0.1, 0.15) is 11.3 Å². The zero-order valence-electron chi connectivity index (χ0n) is 9.54. The largest absolute Gasteiger partial charge is 0.352 e. The quantitative estimate of drug-likeness (QED) is 0.915. The molecule has 0 fully saturated rings. The zero-order chi connectivity index (χ0) is 13.1. The summed E-state index contributed by atoms with van der Waals surface area (Å²) in [6.45, 7) is 1.88. The lowest BCUT2D eigenvalue weighted by Gasteiger charge is -2.09. The van der Waals surface area contributed by atoms with Crippen LogP contribution in [0.2, 0.25) is 0 Å². The van der Waals surface area contributed by atoms with Crippen LogP contribution in [0.15, 0.2) is 34.9 Å². The summed E-state index contributed by atoms with van der Waals surface area (Å²) in [5.41, 5.74) is 2.14. The average Bonchev–Trinajstić information content (AvgIpc) is 2.38. The van der Waals surface area contributed by atoms with Crippen LogP contribution in [0.5, 0.6) is 0 Å². The molecule has 0 saturated carbocycles. The van der Waals surface area contributed by atoms with E-state index in [4.69, 9.17) is 5.26 Å². The molecule has 0 amide bonds. The molecule has 0 unspecified atom stereocenters. The van der Waals surface area contributed by atoms with Crippen LogP contribution in [0.3, 0.4) is 0 Å². The molecule has 0 aliphatic heterocycles. The number of rotatable bonds is 2. The van der Waals surface area contributed by atoms with Gasteiger partial charge in [-0.15, -0.1) is 0 Å². The Labute approximate surface area is 112 Å². The van der Waals surface area contributed by atoms with Gasteiger partial charge in [-0.05, 0) is 47.1 Å². The summed E-state index contributed by atoms with van der Waals surface area (Å²) in [6.07, 6.45) is 1.63. The Morgan fingerprint density at radius 3 is 2.72 bits per heavy atom. The monoisotopic (exact) mass is 305 g/mol. The average molecular weight is 306 g/mol. The van der Waals surface area contributed by atoms with Crippen molar-refractivity contribution in [2.45, 2.75) is 6.92 Å². The Morgan fingerprint density at radius 2 is 2.11 bits per heavy atom. The molecule has 0 spiro atoms. The Bertz CT molecular complexity index is 617. The summed E-state index contributed by atoms with van der Waals surface area (Å²) in [5, 5.41) is 11.7. The van der Waals surface area contributed by atoms with Crippen LogP contribution in [0.4, 0.5) is 15.8 Å². The number of halogens is 2. The van der Waals surface area contributed by atoms with Crippen LogP contribution in [-0.4, -0.2) is 4.98 Å². The third-order valence-electron chi connectivity index (χ3n) is 2.39. The molecule has 0 bridgehead atoms. The Hall–Kier alpha value is -1.93. The topological polar surface area (TPSA) is 48.7 Å².